The van der Waals surface area contributed by atoms with Crippen LogP contribution in [0, 0.1) is 5.41 Å². The Balaban J connectivity index is 2.10. The van der Waals surface area contributed by atoms with Crippen LogP contribution in [0.5, 0.6) is 0 Å². The lowest BCUT2D eigenvalue weighted by atomic mass is 9.76. The van der Waals surface area contributed by atoms with E-state index in [1.807, 2.05) is 11.8 Å². The monoisotopic (exact) mass is 251 g/mol. The maximum Gasteiger partial charge on any atom is 0.211 e. The highest BCUT2D eigenvalue weighted by atomic mass is 32.2. The minimum atomic E-state index is -3.41. The van der Waals surface area contributed by atoms with Crippen LogP contribution in [0.15, 0.2) is 0 Å². The number of hydrogen-bond acceptors (Lipinski definition) is 4. The zero-order valence-corrected chi connectivity index (χ0v) is 10.3. The summed E-state index contributed by atoms with van der Waals surface area (Å²) in [5.41, 5.74) is 0.0949. The number of nitrogens with two attached hydrogens (primary N) is 1. The van der Waals surface area contributed by atoms with E-state index in [0.717, 1.165) is 30.8 Å². The average Bonchev–Trinajstić information content (AvgIpc) is 2.48. The molecule has 0 saturated carbocycles. The molecular weight excluding hydrogens is 234 g/mol. The molecule has 1 spiro atoms. The van der Waals surface area contributed by atoms with Crippen LogP contribution in [0.2, 0.25) is 0 Å². The lowest BCUT2D eigenvalue weighted by Crippen LogP contribution is -2.40. The Morgan fingerprint density at radius 3 is 2.60 bits per heavy atom. The van der Waals surface area contributed by atoms with Gasteiger partial charge in [0.05, 0.1) is 11.9 Å². The fourth-order valence-electron chi connectivity index (χ4n) is 2.53. The first-order chi connectivity index (χ1) is 7.02. The summed E-state index contributed by atoms with van der Waals surface area (Å²) < 4.78 is 27.8. The van der Waals surface area contributed by atoms with Gasteiger partial charge in [-0.3, -0.25) is 0 Å². The summed E-state index contributed by atoms with van der Waals surface area (Å²) in [6.07, 6.45) is 2.96. The highest BCUT2D eigenvalue weighted by Crippen LogP contribution is 2.46. The van der Waals surface area contributed by atoms with Crippen LogP contribution in [0.25, 0.3) is 0 Å². The van der Waals surface area contributed by atoms with E-state index in [1.165, 1.54) is 0 Å². The standard InChI is InChI=1S/C9H17NO3S2/c10-15(11,12)7-8-9(1-4-13-8)2-5-14-6-3-9/h8H,1-7H2,(H2,10,11,12). The molecule has 0 amide bonds. The van der Waals surface area contributed by atoms with Crippen molar-refractivity contribution >= 4 is 21.8 Å². The van der Waals surface area contributed by atoms with Crippen LogP contribution in [-0.2, 0) is 14.8 Å². The lowest BCUT2D eigenvalue weighted by Gasteiger charge is -2.36. The van der Waals surface area contributed by atoms with Crippen molar-refractivity contribution in [3.05, 3.63) is 0 Å². The van der Waals surface area contributed by atoms with Gasteiger partial charge in [-0.2, -0.15) is 11.8 Å². The summed E-state index contributed by atoms with van der Waals surface area (Å²) in [7, 11) is -3.41. The SMILES string of the molecule is NS(=O)(=O)CC1OCCC12CCSCC2. The van der Waals surface area contributed by atoms with Gasteiger partial charge in [0.25, 0.3) is 0 Å². The van der Waals surface area contributed by atoms with E-state index in [1.54, 1.807) is 0 Å². The molecule has 0 aromatic rings. The molecule has 2 heterocycles. The molecule has 2 aliphatic heterocycles. The second kappa shape index (κ2) is 4.24. The molecule has 88 valence electrons. The summed E-state index contributed by atoms with van der Waals surface area (Å²) in [5, 5.41) is 5.09. The van der Waals surface area contributed by atoms with Crippen LogP contribution >= 0.6 is 11.8 Å². The summed E-state index contributed by atoms with van der Waals surface area (Å²) in [4.78, 5) is 0. The first-order valence-corrected chi connectivity index (χ1v) is 8.09. The third-order valence-corrected chi connectivity index (χ3v) is 5.23. The molecule has 0 radical (unpaired) electrons. The molecule has 0 aromatic carbocycles. The largest absolute Gasteiger partial charge is 0.377 e. The molecule has 1 unspecified atom stereocenters. The Labute approximate surface area is 95.0 Å². The highest BCUT2D eigenvalue weighted by molar-refractivity contribution is 7.99. The third kappa shape index (κ3) is 2.67. The van der Waals surface area contributed by atoms with Crippen molar-refractivity contribution in [1.29, 1.82) is 0 Å². The maximum absolute atomic E-state index is 11.1. The molecule has 2 aliphatic rings. The summed E-state index contributed by atoms with van der Waals surface area (Å²) in [5.74, 6) is 2.21. The van der Waals surface area contributed by atoms with Gasteiger partial charge in [0, 0.05) is 12.0 Å². The van der Waals surface area contributed by atoms with Gasteiger partial charge in [0.1, 0.15) is 0 Å². The van der Waals surface area contributed by atoms with Crippen molar-refractivity contribution in [2.45, 2.75) is 25.4 Å². The predicted octanol–water partition coefficient (Wildman–Crippen LogP) is 0.577. The Bertz CT molecular complexity index is 322. The molecule has 0 aromatic heterocycles. The smallest absolute Gasteiger partial charge is 0.211 e. The molecule has 6 heteroatoms. The Hall–Kier alpha value is 0.220. The molecule has 0 bridgehead atoms. The van der Waals surface area contributed by atoms with Crippen LogP contribution < -0.4 is 5.14 Å². The predicted molar refractivity (Wildman–Crippen MR) is 61.3 cm³/mol. The van der Waals surface area contributed by atoms with Gasteiger partial charge in [-0.25, -0.2) is 13.6 Å². The molecule has 15 heavy (non-hydrogen) atoms. The van der Waals surface area contributed by atoms with Crippen LogP contribution in [-0.4, -0.2) is 38.4 Å². The summed E-state index contributed by atoms with van der Waals surface area (Å²) in [6.45, 7) is 0.685. The van der Waals surface area contributed by atoms with Gasteiger partial charge in [0.2, 0.25) is 10.0 Å². The first kappa shape index (κ1) is 11.7. The van der Waals surface area contributed by atoms with Crippen LogP contribution in [0.3, 0.4) is 0 Å². The second-order valence-electron chi connectivity index (χ2n) is 4.41. The zero-order chi connectivity index (χ0) is 10.9. The number of primary sulfonamides is 1. The molecule has 4 nitrogen and oxygen atoms in total. The van der Waals surface area contributed by atoms with Crippen molar-refractivity contribution in [2.24, 2.45) is 10.6 Å². The second-order valence-corrected chi connectivity index (χ2v) is 7.30. The van der Waals surface area contributed by atoms with E-state index in [9.17, 15) is 8.42 Å². The topological polar surface area (TPSA) is 69.4 Å². The van der Waals surface area contributed by atoms with Crippen LogP contribution in [0.4, 0.5) is 0 Å². The molecule has 2 N–H and O–H groups in total. The fourth-order valence-corrected chi connectivity index (χ4v) is 4.71. The fraction of sp³-hybridized carbons (Fsp3) is 1.00. The average molecular weight is 251 g/mol. The first-order valence-electron chi connectivity index (χ1n) is 5.22. The van der Waals surface area contributed by atoms with Crippen LogP contribution in [0.1, 0.15) is 19.3 Å². The van der Waals surface area contributed by atoms with E-state index in [2.05, 4.69) is 0 Å². The normalized spacial score (nSPS) is 30.9. The third-order valence-electron chi connectivity index (χ3n) is 3.47. The summed E-state index contributed by atoms with van der Waals surface area (Å²) in [6, 6.07) is 0. The molecule has 0 aliphatic carbocycles. The number of thioether (sulfide) groups is 1. The van der Waals surface area contributed by atoms with E-state index >= 15 is 0 Å². The van der Waals surface area contributed by atoms with E-state index < -0.39 is 10.0 Å². The number of rotatable bonds is 2. The van der Waals surface area contributed by atoms with E-state index in [4.69, 9.17) is 9.88 Å². The van der Waals surface area contributed by atoms with Gasteiger partial charge in [0.15, 0.2) is 0 Å². The number of sulfonamides is 1. The number of ether oxygens (including phenoxy) is 1. The Morgan fingerprint density at radius 2 is 2.00 bits per heavy atom. The van der Waals surface area contributed by atoms with Gasteiger partial charge in [-0.05, 0) is 30.8 Å². The number of hydrogen-bond donors (Lipinski definition) is 1. The van der Waals surface area contributed by atoms with Gasteiger partial charge in [-0.1, -0.05) is 0 Å². The highest BCUT2D eigenvalue weighted by Gasteiger charge is 2.45. The molecule has 1 atom stereocenters. The van der Waals surface area contributed by atoms with E-state index in [0.29, 0.717) is 6.61 Å². The van der Waals surface area contributed by atoms with Crippen molar-refractivity contribution < 1.29 is 13.2 Å². The minimum absolute atomic E-state index is 0.0162. The molecule has 2 fully saturated rings. The maximum atomic E-state index is 11.1. The van der Waals surface area contributed by atoms with Gasteiger partial charge >= 0.3 is 0 Å². The zero-order valence-electron chi connectivity index (χ0n) is 8.65. The Kier molecular flexibility index (Phi) is 3.30. The molecule has 2 saturated heterocycles. The van der Waals surface area contributed by atoms with Gasteiger partial charge < -0.3 is 4.74 Å². The van der Waals surface area contributed by atoms with Crippen molar-refractivity contribution in [3.8, 4) is 0 Å². The van der Waals surface area contributed by atoms with Crippen molar-refractivity contribution in [3.63, 3.8) is 0 Å². The van der Waals surface area contributed by atoms with Gasteiger partial charge in [-0.15, -0.1) is 0 Å². The van der Waals surface area contributed by atoms with E-state index in [-0.39, 0.29) is 17.3 Å². The molecule has 2 rings (SSSR count). The van der Waals surface area contributed by atoms with Crippen molar-refractivity contribution in [1.82, 2.24) is 0 Å². The quantitative estimate of drug-likeness (QED) is 0.779. The van der Waals surface area contributed by atoms with Crippen molar-refractivity contribution in [2.75, 3.05) is 23.9 Å². The molecular formula is C9H17NO3S2. The minimum Gasteiger partial charge on any atom is -0.377 e. The Morgan fingerprint density at radius 1 is 1.33 bits per heavy atom. The summed E-state index contributed by atoms with van der Waals surface area (Å²) >= 11 is 1.94. The lowest BCUT2D eigenvalue weighted by molar-refractivity contribution is 0.0614.